The summed E-state index contributed by atoms with van der Waals surface area (Å²) in [5, 5.41) is 12.4. The van der Waals surface area contributed by atoms with Gasteiger partial charge in [-0.05, 0) is 43.8 Å². The van der Waals surface area contributed by atoms with Crippen LogP contribution in [0.2, 0.25) is 0 Å². The van der Waals surface area contributed by atoms with Gasteiger partial charge in [-0.2, -0.15) is 5.26 Å². The SMILES string of the molecule is CNCc1ccc(Sc2cccc(C)c2)c(C#N)c1. The summed E-state index contributed by atoms with van der Waals surface area (Å²) in [5.74, 6) is 0. The number of nitriles is 1. The van der Waals surface area contributed by atoms with Crippen LogP contribution in [0.25, 0.3) is 0 Å². The van der Waals surface area contributed by atoms with E-state index in [4.69, 9.17) is 0 Å². The summed E-state index contributed by atoms with van der Waals surface area (Å²) in [6.45, 7) is 2.86. The molecule has 0 saturated carbocycles. The van der Waals surface area contributed by atoms with Crippen molar-refractivity contribution in [3.05, 3.63) is 59.2 Å². The molecule has 0 radical (unpaired) electrons. The molecule has 0 heterocycles. The first-order valence-corrected chi connectivity index (χ1v) is 6.96. The van der Waals surface area contributed by atoms with Crippen LogP contribution in [-0.2, 0) is 6.54 Å². The fourth-order valence-corrected chi connectivity index (χ4v) is 2.87. The summed E-state index contributed by atoms with van der Waals surface area (Å²) in [7, 11) is 1.90. The van der Waals surface area contributed by atoms with Crippen molar-refractivity contribution in [3.63, 3.8) is 0 Å². The van der Waals surface area contributed by atoms with Gasteiger partial charge >= 0.3 is 0 Å². The van der Waals surface area contributed by atoms with Crippen LogP contribution in [0.1, 0.15) is 16.7 Å². The second-order valence-corrected chi connectivity index (χ2v) is 5.51. The van der Waals surface area contributed by atoms with E-state index < -0.39 is 0 Å². The summed E-state index contributed by atoms with van der Waals surface area (Å²) in [4.78, 5) is 2.17. The lowest BCUT2D eigenvalue weighted by atomic mass is 10.1. The third-order valence-corrected chi connectivity index (χ3v) is 3.83. The van der Waals surface area contributed by atoms with Crippen molar-refractivity contribution in [3.8, 4) is 6.07 Å². The highest BCUT2D eigenvalue weighted by molar-refractivity contribution is 7.99. The lowest BCUT2D eigenvalue weighted by Gasteiger charge is -2.07. The average Bonchev–Trinajstić information content (AvgIpc) is 2.41. The molecule has 2 nitrogen and oxygen atoms in total. The molecular formula is C16H16N2S. The Morgan fingerprint density at radius 2 is 2.05 bits per heavy atom. The monoisotopic (exact) mass is 268 g/mol. The number of nitrogens with one attached hydrogen (secondary N) is 1. The maximum Gasteiger partial charge on any atom is 0.100 e. The smallest absolute Gasteiger partial charge is 0.100 e. The van der Waals surface area contributed by atoms with E-state index in [1.54, 1.807) is 11.8 Å². The van der Waals surface area contributed by atoms with Gasteiger partial charge in [0.05, 0.1) is 5.56 Å². The third-order valence-electron chi connectivity index (χ3n) is 2.76. The molecule has 19 heavy (non-hydrogen) atoms. The van der Waals surface area contributed by atoms with Crippen molar-refractivity contribution in [2.24, 2.45) is 0 Å². The summed E-state index contributed by atoms with van der Waals surface area (Å²) in [5.41, 5.74) is 3.10. The number of rotatable bonds is 4. The molecule has 0 aliphatic rings. The first-order valence-electron chi connectivity index (χ1n) is 6.15. The van der Waals surface area contributed by atoms with Crippen LogP contribution in [-0.4, -0.2) is 7.05 Å². The number of hydrogen-bond acceptors (Lipinski definition) is 3. The van der Waals surface area contributed by atoms with Gasteiger partial charge in [-0.1, -0.05) is 35.5 Å². The molecule has 0 amide bonds. The maximum absolute atomic E-state index is 9.26. The predicted octanol–water partition coefficient (Wildman–Crippen LogP) is 3.74. The van der Waals surface area contributed by atoms with E-state index >= 15 is 0 Å². The second kappa shape index (κ2) is 6.42. The average molecular weight is 268 g/mol. The van der Waals surface area contributed by atoms with Crippen LogP contribution < -0.4 is 5.32 Å². The summed E-state index contributed by atoms with van der Waals surface area (Å²) < 4.78 is 0. The highest BCUT2D eigenvalue weighted by atomic mass is 32.2. The van der Waals surface area contributed by atoms with Crippen LogP contribution in [0.4, 0.5) is 0 Å². The molecule has 2 rings (SSSR count). The van der Waals surface area contributed by atoms with Crippen LogP contribution in [0.15, 0.2) is 52.3 Å². The van der Waals surface area contributed by atoms with Crippen LogP contribution in [0.3, 0.4) is 0 Å². The first kappa shape index (κ1) is 13.7. The molecule has 0 saturated heterocycles. The summed E-state index contributed by atoms with van der Waals surface area (Å²) >= 11 is 1.64. The van der Waals surface area contributed by atoms with E-state index in [-0.39, 0.29) is 0 Å². The van der Waals surface area contributed by atoms with Crippen molar-refractivity contribution in [2.75, 3.05) is 7.05 Å². The standard InChI is InChI=1S/C16H16N2S/c1-12-4-3-5-15(8-12)19-16-7-6-13(11-18-2)9-14(16)10-17/h3-9,18H,11H2,1-2H3. The fraction of sp³-hybridized carbons (Fsp3) is 0.188. The van der Waals surface area contributed by atoms with Crippen LogP contribution in [0, 0.1) is 18.3 Å². The quantitative estimate of drug-likeness (QED) is 0.917. The van der Waals surface area contributed by atoms with Gasteiger partial charge in [0.25, 0.3) is 0 Å². The van der Waals surface area contributed by atoms with E-state index in [0.717, 1.165) is 27.5 Å². The number of benzene rings is 2. The molecule has 0 unspecified atom stereocenters. The molecule has 0 aromatic heterocycles. The minimum Gasteiger partial charge on any atom is -0.316 e. The van der Waals surface area contributed by atoms with Gasteiger partial charge in [-0.15, -0.1) is 0 Å². The molecule has 0 aliphatic carbocycles. The molecule has 2 aromatic carbocycles. The Balaban J connectivity index is 2.28. The van der Waals surface area contributed by atoms with Crippen molar-refractivity contribution < 1.29 is 0 Å². The maximum atomic E-state index is 9.26. The van der Waals surface area contributed by atoms with E-state index in [1.807, 2.05) is 25.2 Å². The molecule has 0 atom stereocenters. The molecular weight excluding hydrogens is 252 g/mol. The number of hydrogen-bond donors (Lipinski definition) is 1. The van der Waals surface area contributed by atoms with Gasteiger partial charge < -0.3 is 5.32 Å². The molecule has 0 fully saturated rings. The van der Waals surface area contributed by atoms with Crippen molar-refractivity contribution in [2.45, 2.75) is 23.3 Å². The van der Waals surface area contributed by atoms with Crippen molar-refractivity contribution >= 4 is 11.8 Å². The first-order chi connectivity index (χ1) is 9.22. The highest BCUT2D eigenvalue weighted by Gasteiger charge is 2.05. The highest BCUT2D eigenvalue weighted by Crippen LogP contribution is 2.31. The lowest BCUT2D eigenvalue weighted by molar-refractivity contribution is 0.816. The van der Waals surface area contributed by atoms with E-state index in [9.17, 15) is 5.26 Å². The zero-order valence-corrected chi connectivity index (χ0v) is 11.9. The van der Waals surface area contributed by atoms with Crippen LogP contribution >= 0.6 is 11.8 Å². The van der Waals surface area contributed by atoms with Gasteiger partial charge in [0.15, 0.2) is 0 Å². The molecule has 1 N–H and O–H groups in total. The lowest BCUT2D eigenvalue weighted by Crippen LogP contribution is -2.05. The van der Waals surface area contributed by atoms with E-state index in [1.165, 1.54) is 5.56 Å². The zero-order chi connectivity index (χ0) is 13.7. The molecule has 0 aliphatic heterocycles. The molecule has 0 bridgehead atoms. The molecule has 2 aromatic rings. The van der Waals surface area contributed by atoms with Crippen molar-refractivity contribution in [1.82, 2.24) is 5.32 Å². The normalized spacial score (nSPS) is 10.2. The predicted molar refractivity (Wildman–Crippen MR) is 79.2 cm³/mol. The second-order valence-electron chi connectivity index (χ2n) is 4.39. The summed E-state index contributed by atoms with van der Waals surface area (Å²) in [6, 6.07) is 16.6. The van der Waals surface area contributed by atoms with E-state index in [0.29, 0.717) is 0 Å². The van der Waals surface area contributed by atoms with Gasteiger partial charge in [-0.3, -0.25) is 0 Å². The topological polar surface area (TPSA) is 35.8 Å². The largest absolute Gasteiger partial charge is 0.316 e. The Bertz CT molecular complexity index is 614. The minimum atomic E-state index is 0.735. The molecule has 96 valence electrons. The zero-order valence-electron chi connectivity index (χ0n) is 11.1. The number of aryl methyl sites for hydroxylation is 1. The van der Waals surface area contributed by atoms with Crippen LogP contribution in [0.5, 0.6) is 0 Å². The Morgan fingerprint density at radius 1 is 1.21 bits per heavy atom. The Morgan fingerprint density at radius 3 is 2.74 bits per heavy atom. The molecule has 0 spiro atoms. The van der Waals surface area contributed by atoms with Gasteiger partial charge in [0.2, 0.25) is 0 Å². The summed E-state index contributed by atoms with van der Waals surface area (Å²) in [6.07, 6.45) is 0. The van der Waals surface area contributed by atoms with Crippen molar-refractivity contribution in [1.29, 1.82) is 5.26 Å². The fourth-order valence-electron chi connectivity index (χ4n) is 1.87. The van der Waals surface area contributed by atoms with Gasteiger partial charge in [-0.25, -0.2) is 0 Å². The Hall–Kier alpha value is -1.76. The Labute approximate surface area is 118 Å². The molecule has 3 heteroatoms. The minimum absolute atomic E-state index is 0.735. The number of nitrogens with zero attached hydrogens (tertiary/aromatic N) is 1. The Kier molecular flexibility index (Phi) is 4.62. The van der Waals surface area contributed by atoms with Gasteiger partial charge in [0, 0.05) is 16.3 Å². The van der Waals surface area contributed by atoms with E-state index in [2.05, 4.69) is 42.6 Å². The third kappa shape index (κ3) is 3.60. The van der Waals surface area contributed by atoms with Gasteiger partial charge in [0.1, 0.15) is 6.07 Å².